The Bertz CT molecular complexity index is 1640. The number of carbonyl (C=O) groups excluding carboxylic acids is 3. The van der Waals surface area contributed by atoms with Gasteiger partial charge in [0, 0.05) is 36.8 Å². The zero-order valence-electron chi connectivity index (χ0n) is 26.0. The fourth-order valence-corrected chi connectivity index (χ4v) is 6.85. The smallest absolute Gasteiger partial charge is 0.255 e. The number of rotatable bonds is 6. The summed E-state index contributed by atoms with van der Waals surface area (Å²) < 4.78 is 6.05. The first kappa shape index (κ1) is 31.3. The number of aliphatic hydroxyl groups is 3. The second-order valence-electron chi connectivity index (χ2n) is 13.4. The Labute approximate surface area is 255 Å². The van der Waals surface area contributed by atoms with Crippen LogP contribution in [0.4, 0.5) is 5.69 Å². The highest BCUT2D eigenvalue weighted by molar-refractivity contribution is 6.24. The molecule has 1 fully saturated rings. The summed E-state index contributed by atoms with van der Waals surface area (Å²) in [4.78, 5) is 43.0. The number of benzene rings is 1. The maximum absolute atomic E-state index is 14.2. The quantitative estimate of drug-likeness (QED) is 0.264. The van der Waals surface area contributed by atoms with Crippen LogP contribution >= 0.6 is 0 Å². The molecule has 3 aliphatic carbocycles. The Kier molecular flexibility index (Phi) is 7.47. The van der Waals surface area contributed by atoms with E-state index in [1.807, 2.05) is 39.8 Å². The first-order valence-corrected chi connectivity index (χ1v) is 14.4. The van der Waals surface area contributed by atoms with Crippen molar-refractivity contribution in [3.63, 3.8) is 0 Å². The number of hydrogen-bond donors (Lipinski definition) is 6. The summed E-state index contributed by atoms with van der Waals surface area (Å²) in [5.41, 5.74) is 3.04. The Morgan fingerprint density at radius 2 is 1.80 bits per heavy atom. The van der Waals surface area contributed by atoms with Crippen LogP contribution in [-0.4, -0.2) is 88.2 Å². The molecule has 3 aliphatic rings. The fourth-order valence-electron chi connectivity index (χ4n) is 6.85. The van der Waals surface area contributed by atoms with E-state index >= 15 is 0 Å². The van der Waals surface area contributed by atoms with Gasteiger partial charge < -0.3 is 40.8 Å². The van der Waals surface area contributed by atoms with Gasteiger partial charge in [0.25, 0.3) is 5.91 Å². The monoisotopic (exact) mass is 608 g/mol. The molecule has 4 atom stereocenters. The predicted octanol–water partition coefficient (Wildman–Crippen LogP) is 2.18. The number of aliphatic hydroxyl groups excluding tert-OH is 2. The molecule has 0 aliphatic heterocycles. The van der Waals surface area contributed by atoms with Crippen molar-refractivity contribution in [3.05, 3.63) is 52.0 Å². The lowest BCUT2D eigenvalue weighted by atomic mass is 9.57. The van der Waals surface area contributed by atoms with Crippen LogP contribution in [0.2, 0.25) is 0 Å². The van der Waals surface area contributed by atoms with Crippen molar-refractivity contribution < 1.29 is 39.2 Å². The Morgan fingerprint density at radius 3 is 2.36 bits per heavy atom. The van der Waals surface area contributed by atoms with Gasteiger partial charge in [-0.3, -0.25) is 19.3 Å². The zero-order chi connectivity index (χ0) is 32.6. The van der Waals surface area contributed by atoms with Gasteiger partial charge >= 0.3 is 0 Å². The molecule has 2 aromatic rings. The highest BCUT2D eigenvalue weighted by Gasteiger charge is 2.64. The molecule has 5 rings (SSSR count). The van der Waals surface area contributed by atoms with E-state index in [1.54, 1.807) is 32.3 Å². The first-order chi connectivity index (χ1) is 20.4. The molecule has 1 aromatic heterocycles. The highest BCUT2D eigenvalue weighted by Crippen LogP contribution is 2.55. The lowest BCUT2D eigenvalue weighted by Crippen LogP contribution is -2.65. The van der Waals surface area contributed by atoms with E-state index in [9.17, 15) is 34.8 Å². The predicted molar refractivity (Wildman–Crippen MR) is 163 cm³/mol. The number of anilines is 1. The molecule has 44 heavy (non-hydrogen) atoms. The molecule has 0 spiro atoms. The van der Waals surface area contributed by atoms with Crippen molar-refractivity contribution in [1.82, 2.24) is 10.2 Å². The van der Waals surface area contributed by atoms with Gasteiger partial charge in [0.15, 0.2) is 11.4 Å². The van der Waals surface area contributed by atoms with Gasteiger partial charge in [0.05, 0.1) is 23.7 Å². The van der Waals surface area contributed by atoms with Gasteiger partial charge in [0.1, 0.15) is 34.4 Å². The van der Waals surface area contributed by atoms with Crippen LogP contribution in [0.3, 0.4) is 0 Å². The van der Waals surface area contributed by atoms with Gasteiger partial charge in [0.2, 0.25) is 5.78 Å². The minimum absolute atomic E-state index is 0.00764. The third-order valence-corrected chi connectivity index (χ3v) is 8.90. The largest absolute Gasteiger partial charge is 0.508 e. The number of Topliss-reactive ketones (excluding diaryl/α,β-unsaturated/α-hetero) is 2. The summed E-state index contributed by atoms with van der Waals surface area (Å²) in [6.45, 7) is 6.53. The van der Waals surface area contributed by atoms with Gasteiger partial charge in [-0.25, -0.2) is 0 Å². The van der Waals surface area contributed by atoms with Crippen molar-refractivity contribution in [2.45, 2.75) is 57.3 Å². The number of likely N-dealkylation sites (N-methyl/N-ethyl adjacent to an activating group) is 1. The molecule has 1 heterocycles. The molecule has 0 radical (unpaired) electrons. The maximum Gasteiger partial charge on any atom is 0.255 e. The summed E-state index contributed by atoms with van der Waals surface area (Å²) >= 11 is 0. The third-order valence-electron chi connectivity index (χ3n) is 8.90. The molecule has 7 N–H and O–H groups in total. The lowest BCUT2D eigenvalue weighted by Gasteiger charge is -2.50. The lowest BCUT2D eigenvalue weighted by molar-refractivity contribution is -0.153. The average molecular weight is 609 g/mol. The minimum atomic E-state index is -2.70. The van der Waals surface area contributed by atoms with Crippen LogP contribution in [0.25, 0.3) is 17.1 Å². The first-order valence-electron chi connectivity index (χ1n) is 14.4. The second kappa shape index (κ2) is 10.5. The molecule has 0 saturated heterocycles. The number of phenolic OH excluding ortho intramolecular Hbond substituents is 1. The molecule has 1 saturated carbocycles. The van der Waals surface area contributed by atoms with E-state index < -0.39 is 58.0 Å². The standard InChI is InChI=1S/C32H40N4O8/c1-31(2,3)34-13-15-8-9-20(44-15)17-12-19(35(4)5)16-10-14-11-18-24(36(6)7)27(39)23(30(33)42)29(41)32(18,43)28(40)21(14)26(38)22(16)25(17)37/h8-9,12,14,18,24,34,37-38,41,43H,10-11,13H2,1-7H3,(H2,33,42)/t14-,18-,24-,32-/m0/s1. The molecular formula is C32H40N4O8. The molecule has 1 amide bonds. The van der Waals surface area contributed by atoms with E-state index in [0.717, 1.165) is 0 Å². The molecule has 12 heteroatoms. The Morgan fingerprint density at radius 1 is 1.14 bits per heavy atom. The summed E-state index contributed by atoms with van der Waals surface area (Å²) in [6.07, 6.45) is 0.207. The molecule has 236 valence electrons. The van der Waals surface area contributed by atoms with Gasteiger partial charge in [-0.05, 0) is 77.4 Å². The summed E-state index contributed by atoms with van der Waals surface area (Å²) in [7, 11) is 6.76. The number of phenols is 1. The number of furan rings is 1. The molecular weight excluding hydrogens is 568 g/mol. The van der Waals surface area contributed by atoms with Crippen LogP contribution in [0.15, 0.2) is 39.5 Å². The number of ketones is 2. The van der Waals surface area contributed by atoms with Crippen LogP contribution in [0.1, 0.15) is 44.1 Å². The SMILES string of the molecule is CN(C)c1cc(-c2ccc(CNC(C)(C)C)o2)c(O)c2c1C[C@H]1C[C@H]3[C@H](N(C)C)C(=O)C(C(N)=O)=C(O)[C@@]3(O)C(=O)C1=C2O. The molecule has 0 unspecified atom stereocenters. The van der Waals surface area contributed by atoms with Crippen LogP contribution in [-0.2, 0) is 27.3 Å². The van der Waals surface area contributed by atoms with E-state index in [4.69, 9.17) is 10.2 Å². The average Bonchev–Trinajstić information content (AvgIpc) is 3.37. The number of fused-ring (bicyclic) bond motifs is 3. The molecule has 1 aromatic carbocycles. The number of carbonyl (C=O) groups is 3. The maximum atomic E-state index is 14.2. The topological polar surface area (TPSA) is 190 Å². The number of amides is 1. The number of nitrogens with two attached hydrogens (primary N) is 1. The van der Waals surface area contributed by atoms with E-state index in [0.29, 0.717) is 29.3 Å². The van der Waals surface area contributed by atoms with Gasteiger partial charge in [-0.1, -0.05) is 0 Å². The molecule has 12 nitrogen and oxygen atoms in total. The van der Waals surface area contributed by atoms with Crippen molar-refractivity contribution in [2.24, 2.45) is 17.6 Å². The Hall–Kier alpha value is -4.13. The minimum Gasteiger partial charge on any atom is -0.508 e. The van der Waals surface area contributed by atoms with Gasteiger partial charge in [-0.2, -0.15) is 0 Å². The van der Waals surface area contributed by atoms with Crippen molar-refractivity contribution in [1.29, 1.82) is 0 Å². The van der Waals surface area contributed by atoms with Gasteiger partial charge in [-0.15, -0.1) is 0 Å². The number of nitrogens with one attached hydrogen (secondary N) is 1. The van der Waals surface area contributed by atoms with Crippen molar-refractivity contribution >= 4 is 28.9 Å². The summed E-state index contributed by atoms with van der Waals surface area (Å²) in [5, 5.41) is 49.6. The fraction of sp³-hybridized carbons (Fsp3) is 0.469. The van der Waals surface area contributed by atoms with Crippen molar-refractivity contribution in [3.8, 4) is 17.1 Å². The van der Waals surface area contributed by atoms with Crippen LogP contribution in [0, 0.1) is 11.8 Å². The van der Waals surface area contributed by atoms with E-state index in [1.165, 1.54) is 4.90 Å². The zero-order valence-corrected chi connectivity index (χ0v) is 26.0. The summed E-state index contributed by atoms with van der Waals surface area (Å²) in [6, 6.07) is 4.11. The number of nitrogens with zero attached hydrogens (tertiary/aromatic N) is 2. The van der Waals surface area contributed by atoms with E-state index in [2.05, 4.69) is 5.32 Å². The molecule has 0 bridgehead atoms. The third kappa shape index (κ3) is 4.68. The highest BCUT2D eigenvalue weighted by atomic mass is 16.4. The van der Waals surface area contributed by atoms with Crippen molar-refractivity contribution in [2.75, 3.05) is 33.1 Å². The Balaban J connectivity index is 1.69. The second-order valence-corrected chi connectivity index (χ2v) is 13.4. The number of primary amides is 1. The summed E-state index contributed by atoms with van der Waals surface area (Å²) in [5.74, 6) is -5.93. The normalized spacial score (nSPS) is 25.2. The van der Waals surface area contributed by atoms with E-state index in [-0.39, 0.29) is 40.8 Å². The number of hydrogen-bond acceptors (Lipinski definition) is 11. The number of aromatic hydroxyl groups is 1. The van der Waals surface area contributed by atoms with Crippen LogP contribution < -0.4 is 16.0 Å². The van der Waals surface area contributed by atoms with Crippen LogP contribution in [0.5, 0.6) is 5.75 Å².